The molecule has 0 amide bonds. The molecule has 1 aromatic heterocycles. The zero-order valence-electron chi connectivity index (χ0n) is 11.8. The van der Waals surface area contributed by atoms with Crippen molar-refractivity contribution in [2.45, 2.75) is 32.6 Å². The molecule has 1 fully saturated rings. The molecule has 1 N–H and O–H groups in total. The molecule has 1 aromatic rings. The number of hydrogen-bond donors (Lipinski definition) is 1. The molecule has 0 radical (unpaired) electrons. The van der Waals surface area contributed by atoms with Gasteiger partial charge in [-0.15, -0.1) is 0 Å². The minimum absolute atomic E-state index is 0.823. The van der Waals surface area contributed by atoms with Crippen molar-refractivity contribution in [3.63, 3.8) is 0 Å². The van der Waals surface area contributed by atoms with Crippen molar-refractivity contribution < 1.29 is 0 Å². The summed E-state index contributed by atoms with van der Waals surface area (Å²) < 4.78 is 0. The highest BCUT2D eigenvalue weighted by molar-refractivity contribution is 5.68. The fraction of sp³-hybridized carbons (Fsp3) is 0.667. The molecule has 0 spiro atoms. The number of nitrogens with one attached hydrogen (secondary N) is 1. The summed E-state index contributed by atoms with van der Waals surface area (Å²) >= 11 is 0. The summed E-state index contributed by atoms with van der Waals surface area (Å²) in [4.78, 5) is 6.35. The zero-order chi connectivity index (χ0) is 13.0. The summed E-state index contributed by atoms with van der Waals surface area (Å²) in [7, 11) is 4.15. The highest BCUT2D eigenvalue weighted by Gasteiger charge is 2.18. The van der Waals surface area contributed by atoms with E-state index in [0.29, 0.717) is 0 Å². The fourth-order valence-electron chi connectivity index (χ4n) is 2.91. The Labute approximate surface area is 111 Å². The molecule has 3 heteroatoms. The molecule has 1 saturated carbocycles. The lowest BCUT2D eigenvalue weighted by Crippen LogP contribution is -2.22. The van der Waals surface area contributed by atoms with Crippen LogP contribution in [0.5, 0.6) is 0 Å². The smallest absolute Gasteiger partial charge is 0.0764 e. The number of anilines is 2. The third kappa shape index (κ3) is 3.37. The first-order valence-electron chi connectivity index (χ1n) is 7.02. The van der Waals surface area contributed by atoms with E-state index in [4.69, 9.17) is 0 Å². The molecule has 1 aliphatic rings. The second-order valence-electron chi connectivity index (χ2n) is 5.81. The van der Waals surface area contributed by atoms with E-state index in [0.717, 1.165) is 24.1 Å². The lowest BCUT2D eigenvalue weighted by Gasteiger charge is -2.28. The topological polar surface area (TPSA) is 28.2 Å². The van der Waals surface area contributed by atoms with E-state index in [1.165, 1.54) is 31.4 Å². The summed E-state index contributed by atoms with van der Waals surface area (Å²) in [6, 6.07) is 2.06. The predicted octanol–water partition coefficient (Wildman–Crippen LogP) is 3.39. The highest BCUT2D eigenvalue weighted by atomic mass is 15.1. The number of hydrogen-bond acceptors (Lipinski definition) is 3. The summed E-state index contributed by atoms with van der Waals surface area (Å²) in [5, 5.41) is 3.58. The Balaban J connectivity index is 1.93. The van der Waals surface area contributed by atoms with Crippen LogP contribution in [0.4, 0.5) is 11.4 Å². The Kier molecular flexibility index (Phi) is 4.45. The highest BCUT2D eigenvalue weighted by Crippen LogP contribution is 2.29. The van der Waals surface area contributed by atoms with Crippen LogP contribution in [0.15, 0.2) is 18.5 Å². The van der Waals surface area contributed by atoms with Gasteiger partial charge in [0.25, 0.3) is 0 Å². The summed E-state index contributed by atoms with van der Waals surface area (Å²) in [6.45, 7) is 3.46. The summed E-state index contributed by atoms with van der Waals surface area (Å²) in [5.74, 6) is 1.72. The van der Waals surface area contributed by atoms with Gasteiger partial charge in [-0.1, -0.05) is 19.8 Å². The quantitative estimate of drug-likeness (QED) is 0.884. The van der Waals surface area contributed by atoms with Crippen molar-refractivity contribution in [2.75, 3.05) is 30.9 Å². The van der Waals surface area contributed by atoms with Crippen LogP contribution in [-0.2, 0) is 0 Å². The first-order chi connectivity index (χ1) is 8.66. The van der Waals surface area contributed by atoms with Crippen molar-refractivity contribution in [1.29, 1.82) is 0 Å². The molecule has 1 heterocycles. The van der Waals surface area contributed by atoms with Gasteiger partial charge in [-0.05, 0) is 30.7 Å². The molecule has 0 bridgehead atoms. The summed E-state index contributed by atoms with van der Waals surface area (Å²) in [5.41, 5.74) is 2.37. The Morgan fingerprint density at radius 2 is 2.22 bits per heavy atom. The first kappa shape index (κ1) is 13.2. The molecule has 1 aliphatic carbocycles. The lowest BCUT2D eigenvalue weighted by atomic mass is 9.82. The van der Waals surface area contributed by atoms with Gasteiger partial charge in [0, 0.05) is 26.8 Å². The third-order valence-corrected chi connectivity index (χ3v) is 3.91. The van der Waals surface area contributed by atoms with Crippen molar-refractivity contribution >= 4 is 11.4 Å². The van der Waals surface area contributed by atoms with Gasteiger partial charge in [-0.2, -0.15) is 0 Å². The van der Waals surface area contributed by atoms with Gasteiger partial charge in [0.05, 0.1) is 17.6 Å². The minimum atomic E-state index is 0.823. The summed E-state index contributed by atoms with van der Waals surface area (Å²) in [6.07, 6.45) is 9.32. The molecule has 0 aromatic carbocycles. The van der Waals surface area contributed by atoms with Crippen molar-refractivity contribution in [2.24, 2.45) is 11.8 Å². The van der Waals surface area contributed by atoms with E-state index in [2.05, 4.69) is 42.3 Å². The molecule has 2 atom stereocenters. The zero-order valence-corrected chi connectivity index (χ0v) is 11.8. The Morgan fingerprint density at radius 1 is 1.39 bits per heavy atom. The predicted molar refractivity (Wildman–Crippen MR) is 78.2 cm³/mol. The average Bonchev–Trinajstić information content (AvgIpc) is 2.37. The molecule has 3 nitrogen and oxygen atoms in total. The van der Waals surface area contributed by atoms with Crippen LogP contribution in [0.2, 0.25) is 0 Å². The minimum Gasteiger partial charge on any atom is -0.382 e. The Hall–Kier alpha value is -1.25. The van der Waals surface area contributed by atoms with Crippen LogP contribution in [0.3, 0.4) is 0 Å². The first-order valence-corrected chi connectivity index (χ1v) is 7.02. The van der Waals surface area contributed by atoms with E-state index in [1.807, 2.05) is 12.4 Å². The van der Waals surface area contributed by atoms with Gasteiger partial charge in [0.2, 0.25) is 0 Å². The van der Waals surface area contributed by atoms with Crippen LogP contribution >= 0.6 is 0 Å². The second-order valence-corrected chi connectivity index (χ2v) is 5.81. The van der Waals surface area contributed by atoms with Gasteiger partial charge < -0.3 is 10.2 Å². The molecule has 2 rings (SSSR count). The third-order valence-electron chi connectivity index (χ3n) is 3.91. The van der Waals surface area contributed by atoms with Gasteiger partial charge >= 0.3 is 0 Å². The Morgan fingerprint density at radius 3 is 2.94 bits per heavy atom. The van der Waals surface area contributed by atoms with Crippen LogP contribution in [-0.4, -0.2) is 25.6 Å². The van der Waals surface area contributed by atoms with Crippen LogP contribution in [0.1, 0.15) is 32.6 Å². The number of aromatic nitrogens is 1. The van der Waals surface area contributed by atoms with Crippen molar-refractivity contribution in [1.82, 2.24) is 4.98 Å². The molecular formula is C15H25N3. The maximum absolute atomic E-state index is 4.22. The molecule has 0 saturated heterocycles. The maximum Gasteiger partial charge on any atom is 0.0764 e. The lowest BCUT2D eigenvalue weighted by molar-refractivity contribution is 0.293. The van der Waals surface area contributed by atoms with E-state index in [9.17, 15) is 0 Å². The van der Waals surface area contributed by atoms with E-state index in [1.54, 1.807) is 0 Å². The molecule has 18 heavy (non-hydrogen) atoms. The largest absolute Gasteiger partial charge is 0.382 e. The molecule has 100 valence electrons. The second kappa shape index (κ2) is 6.07. The number of rotatable bonds is 4. The fourth-order valence-corrected chi connectivity index (χ4v) is 2.91. The molecular weight excluding hydrogens is 222 g/mol. The standard InChI is InChI=1S/C15H25N3/c1-12-5-4-6-13(9-12)10-17-14-11-16-8-7-15(14)18(2)3/h7-8,11-13,17H,4-6,9-10H2,1-3H3. The van der Waals surface area contributed by atoms with Crippen LogP contribution < -0.4 is 10.2 Å². The Bertz CT molecular complexity index is 376. The van der Waals surface area contributed by atoms with E-state index < -0.39 is 0 Å². The van der Waals surface area contributed by atoms with Gasteiger partial charge in [0.1, 0.15) is 0 Å². The average molecular weight is 247 g/mol. The maximum atomic E-state index is 4.22. The normalized spacial score (nSPS) is 23.7. The molecule has 2 unspecified atom stereocenters. The number of nitrogens with zero attached hydrogens (tertiary/aromatic N) is 2. The van der Waals surface area contributed by atoms with Gasteiger partial charge in [-0.25, -0.2) is 0 Å². The monoisotopic (exact) mass is 247 g/mol. The number of pyridine rings is 1. The van der Waals surface area contributed by atoms with Crippen molar-refractivity contribution in [3.05, 3.63) is 18.5 Å². The van der Waals surface area contributed by atoms with Crippen LogP contribution in [0, 0.1) is 11.8 Å². The van der Waals surface area contributed by atoms with E-state index >= 15 is 0 Å². The van der Waals surface area contributed by atoms with Gasteiger partial charge in [0.15, 0.2) is 0 Å². The van der Waals surface area contributed by atoms with Gasteiger partial charge in [-0.3, -0.25) is 4.98 Å². The molecule has 0 aliphatic heterocycles. The van der Waals surface area contributed by atoms with Crippen LogP contribution in [0.25, 0.3) is 0 Å². The SMILES string of the molecule is CC1CCCC(CNc2cnccc2N(C)C)C1. The van der Waals surface area contributed by atoms with E-state index in [-0.39, 0.29) is 0 Å². The van der Waals surface area contributed by atoms with Crippen molar-refractivity contribution in [3.8, 4) is 0 Å².